The van der Waals surface area contributed by atoms with E-state index in [2.05, 4.69) is 22.5 Å². The van der Waals surface area contributed by atoms with Crippen molar-refractivity contribution < 1.29 is 22.2 Å². The predicted molar refractivity (Wildman–Crippen MR) is 113 cm³/mol. The Morgan fingerprint density at radius 2 is 1.86 bits per heavy atom. The van der Waals surface area contributed by atoms with Gasteiger partial charge in [0.25, 0.3) is 10.1 Å². The van der Waals surface area contributed by atoms with Crippen LogP contribution in [-0.2, 0) is 23.9 Å². The zero-order chi connectivity index (χ0) is 21.6. The van der Waals surface area contributed by atoms with Crippen LogP contribution in [0, 0.1) is 11.8 Å². The number of nitrogens with zero attached hydrogens (tertiary/aromatic N) is 1. The highest BCUT2D eigenvalue weighted by Gasteiger charge is 2.44. The van der Waals surface area contributed by atoms with E-state index in [1.54, 1.807) is 24.1 Å². The monoisotopic (exact) mass is 486 g/mol. The molecule has 0 bridgehead atoms. The molecule has 2 amide bonds. The Bertz CT molecular complexity index is 841. The van der Waals surface area contributed by atoms with E-state index < -0.39 is 34.0 Å². The summed E-state index contributed by atoms with van der Waals surface area (Å²) in [5, 5.41) is 0. The molecule has 1 aromatic carbocycles. The Labute approximate surface area is 180 Å². The van der Waals surface area contributed by atoms with Gasteiger partial charge in [-0.15, -0.1) is 6.58 Å². The Morgan fingerprint density at radius 3 is 2.45 bits per heavy atom. The van der Waals surface area contributed by atoms with Gasteiger partial charge in [0, 0.05) is 18.1 Å². The molecule has 0 aliphatic heterocycles. The van der Waals surface area contributed by atoms with Crippen LogP contribution >= 0.6 is 15.9 Å². The second kappa shape index (κ2) is 10.4. The lowest BCUT2D eigenvalue weighted by molar-refractivity contribution is -0.139. The quantitative estimate of drug-likeness (QED) is 0.310. The molecule has 1 aliphatic rings. The van der Waals surface area contributed by atoms with E-state index >= 15 is 0 Å². The van der Waals surface area contributed by atoms with Gasteiger partial charge in [-0.25, -0.2) is 0 Å². The first-order valence-electron chi connectivity index (χ1n) is 9.49. The summed E-state index contributed by atoms with van der Waals surface area (Å²) in [7, 11) is -2.33. The molecule has 1 fully saturated rings. The lowest BCUT2D eigenvalue weighted by Crippen LogP contribution is -2.39. The maximum Gasteiger partial charge on any atom is 0.297 e. The predicted octanol–water partition coefficient (Wildman–Crippen LogP) is 2.85. The van der Waals surface area contributed by atoms with Crippen LogP contribution in [0.2, 0.25) is 0 Å². The summed E-state index contributed by atoms with van der Waals surface area (Å²) in [6.07, 6.45) is 3.91. The Kier molecular flexibility index (Phi) is 8.42. The number of allylic oxidation sites excluding steroid dienone is 1. The van der Waals surface area contributed by atoms with Crippen molar-refractivity contribution in [2.24, 2.45) is 17.6 Å². The summed E-state index contributed by atoms with van der Waals surface area (Å²) in [5.41, 5.74) is 5.49. The van der Waals surface area contributed by atoms with Crippen LogP contribution < -0.4 is 5.73 Å². The first-order valence-corrected chi connectivity index (χ1v) is 11.7. The molecule has 1 aliphatic carbocycles. The third-order valence-electron chi connectivity index (χ3n) is 5.10. The number of hydrogen-bond donors (Lipinski definition) is 1. The van der Waals surface area contributed by atoms with Crippen LogP contribution in [0.5, 0.6) is 0 Å². The molecule has 0 spiro atoms. The topological polar surface area (TPSA) is 107 Å². The van der Waals surface area contributed by atoms with Crippen LogP contribution in [-0.4, -0.2) is 44.8 Å². The number of hydrogen-bond acceptors (Lipinski definition) is 5. The van der Waals surface area contributed by atoms with Crippen LogP contribution in [0.3, 0.4) is 0 Å². The van der Waals surface area contributed by atoms with E-state index in [0.29, 0.717) is 6.54 Å². The van der Waals surface area contributed by atoms with Gasteiger partial charge < -0.3 is 10.6 Å². The van der Waals surface area contributed by atoms with Crippen molar-refractivity contribution in [3.05, 3.63) is 41.4 Å². The van der Waals surface area contributed by atoms with Crippen molar-refractivity contribution >= 4 is 37.9 Å². The van der Waals surface area contributed by atoms with Crippen molar-refractivity contribution in [3.8, 4) is 0 Å². The highest BCUT2D eigenvalue weighted by Crippen LogP contribution is 2.36. The molecule has 1 saturated carbocycles. The zero-order valence-corrected chi connectivity index (χ0v) is 18.8. The van der Waals surface area contributed by atoms with Crippen LogP contribution in [0.25, 0.3) is 0 Å². The fourth-order valence-electron chi connectivity index (χ4n) is 3.52. The third-order valence-corrected chi connectivity index (χ3v) is 7.00. The molecule has 0 heterocycles. The number of carbonyl (C=O) groups is 2. The summed E-state index contributed by atoms with van der Waals surface area (Å²) in [4.78, 5) is 26.3. The molecule has 160 valence electrons. The van der Waals surface area contributed by atoms with Gasteiger partial charge in [-0.2, -0.15) is 8.42 Å². The van der Waals surface area contributed by atoms with Gasteiger partial charge >= 0.3 is 0 Å². The summed E-state index contributed by atoms with van der Waals surface area (Å²) < 4.78 is 31.2. The molecule has 0 radical (unpaired) electrons. The minimum absolute atomic E-state index is 0.0189. The maximum atomic E-state index is 12.8. The van der Waals surface area contributed by atoms with Crippen molar-refractivity contribution in [2.45, 2.75) is 43.1 Å². The van der Waals surface area contributed by atoms with Gasteiger partial charge in [-0.3, -0.25) is 13.8 Å². The molecule has 0 saturated heterocycles. The number of unbranched alkanes of at least 4 members (excludes halogenated alkanes) is 2. The first-order chi connectivity index (χ1) is 13.7. The molecule has 3 atom stereocenters. The van der Waals surface area contributed by atoms with E-state index in [4.69, 9.17) is 9.92 Å². The fraction of sp³-hybridized carbons (Fsp3) is 0.500. The highest BCUT2D eigenvalue weighted by atomic mass is 79.9. The molecule has 29 heavy (non-hydrogen) atoms. The molecule has 9 heteroatoms. The van der Waals surface area contributed by atoms with Crippen molar-refractivity contribution in [2.75, 3.05) is 13.6 Å². The average molecular weight is 487 g/mol. The molecule has 2 N–H and O–H groups in total. The summed E-state index contributed by atoms with van der Waals surface area (Å²) in [6.45, 7) is 4.22. The average Bonchev–Trinajstić information content (AvgIpc) is 3.08. The lowest BCUT2D eigenvalue weighted by atomic mass is 9.94. The van der Waals surface area contributed by atoms with Gasteiger partial charge in [0.05, 0.1) is 22.8 Å². The van der Waals surface area contributed by atoms with Gasteiger partial charge in [-0.05, 0) is 56.4 Å². The van der Waals surface area contributed by atoms with E-state index in [9.17, 15) is 18.0 Å². The van der Waals surface area contributed by atoms with Gasteiger partial charge in [0.2, 0.25) is 11.8 Å². The second-order valence-electron chi connectivity index (χ2n) is 7.26. The fourth-order valence-corrected chi connectivity index (χ4v) is 4.88. The summed E-state index contributed by atoms with van der Waals surface area (Å²) in [6, 6.07) is 6.06. The van der Waals surface area contributed by atoms with E-state index in [-0.39, 0.29) is 23.6 Å². The molecule has 0 unspecified atom stereocenters. The number of rotatable bonds is 10. The van der Waals surface area contributed by atoms with Crippen molar-refractivity contribution in [1.82, 2.24) is 4.90 Å². The number of primary amides is 1. The minimum Gasteiger partial charge on any atom is -0.369 e. The molecular formula is C20H27BrN2O5S. The van der Waals surface area contributed by atoms with Gasteiger partial charge in [-0.1, -0.05) is 22.0 Å². The van der Waals surface area contributed by atoms with Gasteiger partial charge in [0.15, 0.2) is 0 Å². The molecular weight excluding hydrogens is 460 g/mol. The minimum atomic E-state index is -4.01. The van der Waals surface area contributed by atoms with Crippen LogP contribution in [0.1, 0.15) is 32.1 Å². The van der Waals surface area contributed by atoms with Gasteiger partial charge in [0.1, 0.15) is 0 Å². The van der Waals surface area contributed by atoms with E-state index in [1.165, 1.54) is 12.1 Å². The smallest absolute Gasteiger partial charge is 0.297 e. The largest absolute Gasteiger partial charge is 0.369 e. The zero-order valence-electron chi connectivity index (χ0n) is 16.4. The Hall–Kier alpha value is -1.71. The van der Waals surface area contributed by atoms with Crippen molar-refractivity contribution in [3.63, 3.8) is 0 Å². The summed E-state index contributed by atoms with van der Waals surface area (Å²) in [5.74, 6) is -2.25. The third kappa shape index (κ3) is 6.38. The SMILES string of the molecule is C=CCCCCN(C)C(=O)[C@@H]1C[C@@H](OS(=O)(=O)c2ccc(Br)cc2)C[C@H]1C(N)=O. The first kappa shape index (κ1) is 23.6. The Balaban J connectivity index is 2.06. The van der Waals surface area contributed by atoms with E-state index in [0.717, 1.165) is 23.7 Å². The molecule has 0 aromatic heterocycles. The van der Waals surface area contributed by atoms with Crippen LogP contribution in [0.15, 0.2) is 46.3 Å². The number of carbonyl (C=O) groups excluding carboxylic acids is 2. The van der Waals surface area contributed by atoms with E-state index in [1.807, 2.05) is 6.08 Å². The molecule has 7 nitrogen and oxygen atoms in total. The highest BCUT2D eigenvalue weighted by molar-refractivity contribution is 9.10. The Morgan fingerprint density at radius 1 is 1.24 bits per heavy atom. The number of halogens is 1. The number of amides is 2. The number of nitrogens with two attached hydrogens (primary N) is 1. The second-order valence-corrected chi connectivity index (χ2v) is 9.75. The lowest BCUT2D eigenvalue weighted by Gasteiger charge is -2.23. The van der Waals surface area contributed by atoms with Crippen molar-refractivity contribution in [1.29, 1.82) is 0 Å². The molecule has 1 aromatic rings. The maximum absolute atomic E-state index is 12.8. The number of benzene rings is 1. The molecule has 2 rings (SSSR count). The standard InChI is InChI=1S/C20H27BrN2O5S/c1-3-4-5-6-11-23(2)20(25)18-13-15(12-17(18)19(22)24)28-29(26,27)16-9-7-14(21)8-10-16/h3,7-10,15,17-18H,1,4-6,11-13H2,2H3,(H2,22,24)/t15-,17+,18+/m0/s1. The van der Waals surface area contributed by atoms with Crippen LogP contribution in [0.4, 0.5) is 0 Å². The normalized spacial score (nSPS) is 21.7. The summed E-state index contributed by atoms with van der Waals surface area (Å²) >= 11 is 3.25.